The summed E-state index contributed by atoms with van der Waals surface area (Å²) < 4.78 is 6.42. The first-order valence-corrected chi connectivity index (χ1v) is 8.82. The first-order chi connectivity index (χ1) is 11.2. The number of benzene rings is 2. The van der Waals surface area contributed by atoms with E-state index in [1.807, 2.05) is 54.6 Å². The molecular weight excluding hydrogens is 354 g/mol. The maximum absolute atomic E-state index is 11.5. The molecule has 1 heterocycles. The van der Waals surface area contributed by atoms with Crippen molar-refractivity contribution in [2.24, 2.45) is 0 Å². The summed E-state index contributed by atoms with van der Waals surface area (Å²) in [5, 5.41) is 11.5. The van der Waals surface area contributed by atoms with E-state index in [1.54, 1.807) is 0 Å². The number of halogens is 1. The fourth-order valence-corrected chi connectivity index (χ4v) is 3.30. The standard InChI is InChI=1S/C19H22BrNO2/c20-18-8-6-17(7-9-18)19(22,16-4-2-1-3-5-16)10-11-21-12-14-23-15-13-21/h1-9,22H,10-15H2. The highest BCUT2D eigenvalue weighted by atomic mass is 79.9. The molecular formula is C19H22BrNO2. The van der Waals surface area contributed by atoms with Gasteiger partial charge in [-0.05, 0) is 29.7 Å². The van der Waals surface area contributed by atoms with Crippen LogP contribution in [-0.2, 0) is 10.3 Å². The number of morpholine rings is 1. The van der Waals surface area contributed by atoms with Crippen LogP contribution in [0.2, 0.25) is 0 Å². The summed E-state index contributed by atoms with van der Waals surface area (Å²) >= 11 is 3.47. The van der Waals surface area contributed by atoms with Crippen molar-refractivity contribution in [2.45, 2.75) is 12.0 Å². The van der Waals surface area contributed by atoms with Gasteiger partial charge < -0.3 is 9.84 Å². The van der Waals surface area contributed by atoms with Gasteiger partial charge in [-0.15, -0.1) is 0 Å². The van der Waals surface area contributed by atoms with Gasteiger partial charge in [0.25, 0.3) is 0 Å². The van der Waals surface area contributed by atoms with Gasteiger partial charge in [-0.1, -0.05) is 58.4 Å². The molecule has 0 amide bonds. The first kappa shape index (κ1) is 16.7. The van der Waals surface area contributed by atoms with E-state index in [1.165, 1.54) is 0 Å². The molecule has 0 aliphatic carbocycles. The lowest BCUT2D eigenvalue weighted by Gasteiger charge is -2.33. The average Bonchev–Trinajstić information content (AvgIpc) is 2.62. The van der Waals surface area contributed by atoms with Crippen molar-refractivity contribution in [3.8, 4) is 0 Å². The molecule has 2 aromatic rings. The van der Waals surface area contributed by atoms with Crippen molar-refractivity contribution in [2.75, 3.05) is 32.8 Å². The molecule has 1 N–H and O–H groups in total. The number of rotatable bonds is 5. The van der Waals surface area contributed by atoms with Gasteiger partial charge >= 0.3 is 0 Å². The van der Waals surface area contributed by atoms with Crippen LogP contribution in [0.25, 0.3) is 0 Å². The molecule has 1 fully saturated rings. The lowest BCUT2D eigenvalue weighted by atomic mass is 9.83. The molecule has 0 saturated carbocycles. The maximum atomic E-state index is 11.5. The highest BCUT2D eigenvalue weighted by Crippen LogP contribution is 2.34. The molecule has 0 bridgehead atoms. The molecule has 1 saturated heterocycles. The van der Waals surface area contributed by atoms with Gasteiger partial charge in [0.1, 0.15) is 5.60 Å². The predicted molar refractivity (Wildman–Crippen MR) is 95.5 cm³/mol. The summed E-state index contributed by atoms with van der Waals surface area (Å²) in [6, 6.07) is 17.9. The fraction of sp³-hybridized carbons (Fsp3) is 0.368. The zero-order valence-corrected chi connectivity index (χ0v) is 14.7. The molecule has 0 spiro atoms. The Hall–Kier alpha value is -1.20. The number of aliphatic hydroxyl groups is 1. The summed E-state index contributed by atoms with van der Waals surface area (Å²) in [6.45, 7) is 4.28. The van der Waals surface area contributed by atoms with Crippen molar-refractivity contribution in [1.29, 1.82) is 0 Å². The minimum atomic E-state index is -0.972. The SMILES string of the molecule is OC(CCN1CCOCC1)(c1ccccc1)c1ccc(Br)cc1. The van der Waals surface area contributed by atoms with E-state index in [2.05, 4.69) is 20.8 Å². The second-order valence-corrected chi connectivity index (χ2v) is 6.85. The number of hydrogen-bond acceptors (Lipinski definition) is 3. The first-order valence-electron chi connectivity index (χ1n) is 8.02. The van der Waals surface area contributed by atoms with Gasteiger partial charge in [0.2, 0.25) is 0 Å². The largest absolute Gasteiger partial charge is 0.380 e. The van der Waals surface area contributed by atoms with Gasteiger partial charge in [-0.3, -0.25) is 4.90 Å². The highest BCUT2D eigenvalue weighted by Gasteiger charge is 2.32. The van der Waals surface area contributed by atoms with Crippen molar-refractivity contribution in [3.63, 3.8) is 0 Å². The maximum Gasteiger partial charge on any atom is 0.116 e. The number of ether oxygens (including phenoxy) is 1. The second-order valence-electron chi connectivity index (χ2n) is 5.94. The predicted octanol–water partition coefficient (Wildman–Crippen LogP) is 3.41. The molecule has 3 rings (SSSR count). The zero-order chi connectivity index (χ0) is 16.1. The van der Waals surface area contributed by atoms with E-state index in [-0.39, 0.29) is 0 Å². The smallest absolute Gasteiger partial charge is 0.116 e. The van der Waals surface area contributed by atoms with Gasteiger partial charge in [0, 0.05) is 24.1 Å². The fourth-order valence-electron chi connectivity index (χ4n) is 3.04. The highest BCUT2D eigenvalue weighted by molar-refractivity contribution is 9.10. The summed E-state index contributed by atoms with van der Waals surface area (Å²) in [4.78, 5) is 2.36. The van der Waals surface area contributed by atoms with E-state index >= 15 is 0 Å². The van der Waals surface area contributed by atoms with Crippen molar-refractivity contribution in [3.05, 3.63) is 70.2 Å². The topological polar surface area (TPSA) is 32.7 Å². The Balaban J connectivity index is 1.85. The Morgan fingerprint density at radius 1 is 0.957 bits per heavy atom. The Morgan fingerprint density at radius 2 is 1.57 bits per heavy atom. The quantitative estimate of drug-likeness (QED) is 0.868. The van der Waals surface area contributed by atoms with Crippen molar-refractivity contribution < 1.29 is 9.84 Å². The van der Waals surface area contributed by atoms with Crippen LogP contribution in [0.3, 0.4) is 0 Å². The van der Waals surface area contributed by atoms with Gasteiger partial charge in [0.05, 0.1) is 13.2 Å². The molecule has 2 aromatic carbocycles. The minimum absolute atomic E-state index is 0.665. The number of nitrogens with zero attached hydrogens (tertiary/aromatic N) is 1. The second kappa shape index (κ2) is 7.58. The third kappa shape index (κ3) is 4.01. The van der Waals surface area contributed by atoms with Crippen LogP contribution in [0.5, 0.6) is 0 Å². The van der Waals surface area contributed by atoms with Crippen LogP contribution >= 0.6 is 15.9 Å². The van der Waals surface area contributed by atoms with Crippen LogP contribution in [0.15, 0.2) is 59.1 Å². The Bertz CT molecular complexity index is 611. The molecule has 1 unspecified atom stereocenters. The Morgan fingerprint density at radius 3 is 2.22 bits per heavy atom. The molecule has 1 aliphatic rings. The van der Waals surface area contributed by atoms with Crippen LogP contribution in [0.1, 0.15) is 17.5 Å². The van der Waals surface area contributed by atoms with Crippen molar-refractivity contribution >= 4 is 15.9 Å². The van der Waals surface area contributed by atoms with Crippen molar-refractivity contribution in [1.82, 2.24) is 4.90 Å². The van der Waals surface area contributed by atoms with Crippen LogP contribution in [0, 0.1) is 0 Å². The summed E-state index contributed by atoms with van der Waals surface area (Å²) in [6.07, 6.45) is 0.665. The summed E-state index contributed by atoms with van der Waals surface area (Å²) in [7, 11) is 0. The molecule has 23 heavy (non-hydrogen) atoms. The van der Waals surface area contributed by atoms with Crippen LogP contribution in [0.4, 0.5) is 0 Å². The zero-order valence-electron chi connectivity index (χ0n) is 13.1. The summed E-state index contributed by atoms with van der Waals surface area (Å²) in [5.74, 6) is 0. The van der Waals surface area contributed by atoms with Crippen LogP contribution in [-0.4, -0.2) is 42.9 Å². The lowest BCUT2D eigenvalue weighted by Crippen LogP contribution is -2.40. The monoisotopic (exact) mass is 375 g/mol. The normalized spacial score (nSPS) is 18.5. The van der Waals surface area contributed by atoms with E-state index in [0.717, 1.165) is 48.4 Å². The van der Waals surface area contributed by atoms with Gasteiger partial charge in [-0.25, -0.2) is 0 Å². The summed E-state index contributed by atoms with van der Waals surface area (Å²) in [5.41, 5.74) is 0.899. The molecule has 1 aliphatic heterocycles. The van der Waals surface area contributed by atoms with E-state index in [4.69, 9.17) is 4.74 Å². The molecule has 0 aromatic heterocycles. The molecule has 1 atom stereocenters. The molecule has 3 nitrogen and oxygen atoms in total. The average molecular weight is 376 g/mol. The van der Waals surface area contributed by atoms with Gasteiger partial charge in [-0.2, -0.15) is 0 Å². The van der Waals surface area contributed by atoms with E-state index in [9.17, 15) is 5.11 Å². The lowest BCUT2D eigenvalue weighted by molar-refractivity contribution is 0.0143. The van der Waals surface area contributed by atoms with E-state index < -0.39 is 5.60 Å². The van der Waals surface area contributed by atoms with E-state index in [0.29, 0.717) is 6.42 Å². The third-order valence-corrected chi connectivity index (χ3v) is 5.00. The third-order valence-electron chi connectivity index (χ3n) is 4.47. The molecule has 122 valence electrons. The Kier molecular flexibility index (Phi) is 5.49. The van der Waals surface area contributed by atoms with Gasteiger partial charge in [0.15, 0.2) is 0 Å². The Labute approximate surface area is 146 Å². The molecule has 0 radical (unpaired) electrons. The molecule has 4 heteroatoms. The number of hydrogen-bond donors (Lipinski definition) is 1. The minimum Gasteiger partial charge on any atom is -0.380 e. The van der Waals surface area contributed by atoms with Crippen LogP contribution < -0.4 is 0 Å².